The molecule has 115 heavy (non-hydrogen) atoms. The van der Waals surface area contributed by atoms with E-state index in [0.717, 1.165) is 135 Å². The van der Waals surface area contributed by atoms with Gasteiger partial charge in [0.2, 0.25) is 0 Å². The predicted molar refractivity (Wildman–Crippen MR) is 482 cm³/mol. The molecule has 0 aromatic rings. The minimum absolute atomic E-state index is 0.0960. The van der Waals surface area contributed by atoms with Crippen LogP contribution in [0.3, 0.4) is 0 Å². The molecule has 0 amide bonds. The van der Waals surface area contributed by atoms with Crippen molar-refractivity contribution in [2.45, 2.75) is 437 Å². The first-order valence-corrected chi connectivity index (χ1v) is 49.8. The first-order valence-electron chi connectivity index (χ1n) is 46.8. The van der Waals surface area contributed by atoms with Gasteiger partial charge in [0, 0.05) is 19.3 Å². The first kappa shape index (κ1) is 111. The summed E-state index contributed by atoms with van der Waals surface area (Å²) in [4.78, 5) is 58.9. The maximum atomic E-state index is 13.0. The van der Waals surface area contributed by atoms with E-state index in [1.165, 1.54) is 225 Å². The highest BCUT2D eigenvalue weighted by Crippen LogP contribution is 2.45. The summed E-state index contributed by atoms with van der Waals surface area (Å²) in [6.07, 6.45) is 110. The fourth-order valence-corrected chi connectivity index (χ4v) is 14.6. The highest BCUT2D eigenvalue weighted by molar-refractivity contribution is 7.47. The van der Waals surface area contributed by atoms with Gasteiger partial charge in [-0.2, -0.15) is 0 Å². The Labute approximate surface area is 703 Å². The van der Waals surface area contributed by atoms with Gasteiger partial charge in [-0.25, -0.2) is 9.13 Å². The molecule has 4 N–H and O–H groups in total. The van der Waals surface area contributed by atoms with E-state index in [0.29, 0.717) is 19.3 Å². The van der Waals surface area contributed by atoms with Crippen LogP contribution in [0.4, 0.5) is 0 Å². The molecule has 0 aliphatic heterocycles. The highest BCUT2D eigenvalue weighted by atomic mass is 31.2. The Morgan fingerprint density at radius 3 is 0.757 bits per heavy atom. The van der Waals surface area contributed by atoms with Crippen LogP contribution >= 0.6 is 15.6 Å². The molecule has 0 radical (unpaired) electrons. The van der Waals surface area contributed by atoms with E-state index < -0.39 is 91.5 Å². The standard InChI is InChI=1S/C97H172O16P2/c1-4-7-10-13-16-19-22-25-28-30-32-34-36-38-40-42-43-44-45-46-47-49-51-52-54-56-58-60-63-65-68-71-74-77-80-83-95(100)107-86-92(98)87-109-114(103,104)110-88-93(99)89-111-115(105,106)112-91-94(113-97(102)85-82-79-76-73-70-67-62-27-24-21-18-15-12-9-6-3)90-108-96(101)84-81-78-75-72-69-66-64-61-59-57-55-53-50-48-41-39-37-35-33-31-29-26-23-20-17-14-11-8-5-2/h7,10,16-17,19-20,25-29,32-35,38-41,62,92-94,98-99H,4-6,8-9,11-15,18,21-24,30-31,36-37,42-61,63-91H2,1-3H3,(H,103,104)(H,105,106)/b10-7-,19-16-,20-17-,28-25-,29-26-,34-32-,35-33-,40-38-,41-39-,62-27-. The quantitative estimate of drug-likeness (QED) is 0.0146. The van der Waals surface area contributed by atoms with Crippen LogP contribution in [0.2, 0.25) is 0 Å². The lowest BCUT2D eigenvalue weighted by Crippen LogP contribution is -2.30. The molecular weight excluding hydrogens is 1480 g/mol. The molecular formula is C97H172O16P2. The van der Waals surface area contributed by atoms with E-state index in [9.17, 15) is 43.5 Å². The summed E-state index contributed by atoms with van der Waals surface area (Å²) in [5, 5.41) is 20.7. The zero-order valence-electron chi connectivity index (χ0n) is 73.4. The predicted octanol–water partition coefficient (Wildman–Crippen LogP) is 28.8. The van der Waals surface area contributed by atoms with Gasteiger partial charge in [0.05, 0.1) is 26.4 Å². The van der Waals surface area contributed by atoms with E-state index in [1.54, 1.807) is 0 Å². The Balaban J connectivity index is 4.41. The number of ether oxygens (including phenoxy) is 3. The van der Waals surface area contributed by atoms with E-state index >= 15 is 0 Å². The zero-order valence-corrected chi connectivity index (χ0v) is 75.2. The van der Waals surface area contributed by atoms with Crippen molar-refractivity contribution < 1.29 is 75.8 Å². The van der Waals surface area contributed by atoms with Crippen LogP contribution in [0.5, 0.6) is 0 Å². The number of rotatable bonds is 89. The van der Waals surface area contributed by atoms with Gasteiger partial charge in [-0.3, -0.25) is 32.5 Å². The summed E-state index contributed by atoms with van der Waals surface area (Å²) < 4.78 is 61.4. The summed E-state index contributed by atoms with van der Waals surface area (Å²) in [6.45, 7) is 2.60. The first-order chi connectivity index (χ1) is 56.2. The molecule has 16 nitrogen and oxygen atoms in total. The van der Waals surface area contributed by atoms with Crippen LogP contribution in [0.15, 0.2) is 122 Å². The number of carbonyl (C=O) groups is 3. The van der Waals surface area contributed by atoms with E-state index in [2.05, 4.69) is 142 Å². The molecule has 0 aromatic heterocycles. The van der Waals surface area contributed by atoms with Crippen molar-refractivity contribution >= 4 is 33.6 Å². The highest BCUT2D eigenvalue weighted by Gasteiger charge is 2.30. The number of carbonyl (C=O) groups excluding carboxylic acids is 3. The molecule has 5 atom stereocenters. The average Bonchev–Trinajstić information content (AvgIpc) is 0.902. The number of aliphatic hydroxyl groups excluding tert-OH is 2. The topological polar surface area (TPSA) is 231 Å². The Morgan fingerprint density at radius 1 is 0.252 bits per heavy atom. The second-order valence-corrected chi connectivity index (χ2v) is 34.3. The minimum Gasteiger partial charge on any atom is -0.463 e. The lowest BCUT2D eigenvalue weighted by atomic mass is 10.0. The molecule has 0 spiro atoms. The number of phosphoric ester groups is 2. The molecule has 0 saturated carbocycles. The number of hydrogen-bond acceptors (Lipinski definition) is 14. The third-order valence-electron chi connectivity index (χ3n) is 20.1. The second-order valence-electron chi connectivity index (χ2n) is 31.4. The van der Waals surface area contributed by atoms with Crippen LogP contribution in [0.25, 0.3) is 0 Å². The number of aliphatic hydroxyl groups is 2. The van der Waals surface area contributed by atoms with Gasteiger partial charge in [0.1, 0.15) is 25.4 Å². The summed E-state index contributed by atoms with van der Waals surface area (Å²) in [5.41, 5.74) is 0. The van der Waals surface area contributed by atoms with Crippen LogP contribution in [0.1, 0.15) is 419 Å². The number of esters is 3. The Kier molecular flexibility index (Phi) is 86.1. The van der Waals surface area contributed by atoms with Gasteiger partial charge in [-0.1, -0.05) is 386 Å². The molecule has 0 saturated heterocycles. The van der Waals surface area contributed by atoms with Crippen molar-refractivity contribution in [1.29, 1.82) is 0 Å². The van der Waals surface area contributed by atoms with Crippen molar-refractivity contribution in [3.8, 4) is 0 Å². The number of hydrogen-bond donors (Lipinski definition) is 4. The molecule has 5 unspecified atom stereocenters. The smallest absolute Gasteiger partial charge is 0.463 e. The Morgan fingerprint density at radius 2 is 0.461 bits per heavy atom. The summed E-state index contributed by atoms with van der Waals surface area (Å²) in [5.74, 6) is -1.56. The van der Waals surface area contributed by atoms with E-state index in [1.807, 2.05) is 0 Å². The lowest BCUT2D eigenvalue weighted by Gasteiger charge is -2.21. The zero-order chi connectivity index (χ0) is 83.6. The fraction of sp³-hybridized carbons (Fsp3) is 0.763. The van der Waals surface area contributed by atoms with Gasteiger partial charge >= 0.3 is 33.6 Å². The number of unbranched alkanes of at least 4 members (excludes halogenated alkanes) is 46. The van der Waals surface area contributed by atoms with Crippen molar-refractivity contribution in [2.24, 2.45) is 0 Å². The molecule has 0 aromatic carbocycles. The Hall–Kier alpha value is -4.05. The summed E-state index contributed by atoms with van der Waals surface area (Å²) in [6, 6.07) is 0. The van der Waals surface area contributed by atoms with Crippen molar-refractivity contribution in [2.75, 3.05) is 39.6 Å². The maximum absolute atomic E-state index is 13.0. The van der Waals surface area contributed by atoms with Gasteiger partial charge in [0.25, 0.3) is 0 Å². The van der Waals surface area contributed by atoms with Crippen molar-refractivity contribution in [1.82, 2.24) is 0 Å². The maximum Gasteiger partial charge on any atom is 0.472 e. The molecule has 0 rings (SSSR count). The fourth-order valence-electron chi connectivity index (χ4n) is 13.1. The molecule has 0 aliphatic rings. The van der Waals surface area contributed by atoms with Gasteiger partial charge in [-0.15, -0.1) is 0 Å². The van der Waals surface area contributed by atoms with E-state index in [4.69, 9.17) is 32.3 Å². The number of phosphoric acid groups is 2. The van der Waals surface area contributed by atoms with Gasteiger partial charge < -0.3 is 34.2 Å². The largest absolute Gasteiger partial charge is 0.472 e. The molecule has 666 valence electrons. The molecule has 18 heteroatoms. The summed E-state index contributed by atoms with van der Waals surface area (Å²) in [7, 11) is -9.80. The third kappa shape index (κ3) is 90.6. The van der Waals surface area contributed by atoms with E-state index in [-0.39, 0.29) is 19.3 Å². The average molecular weight is 1660 g/mol. The van der Waals surface area contributed by atoms with Crippen LogP contribution < -0.4 is 0 Å². The molecule has 0 fully saturated rings. The van der Waals surface area contributed by atoms with Crippen molar-refractivity contribution in [3.05, 3.63) is 122 Å². The van der Waals surface area contributed by atoms with Crippen LogP contribution in [0, 0.1) is 0 Å². The second kappa shape index (κ2) is 89.2. The minimum atomic E-state index is -4.94. The number of allylic oxidation sites excluding steroid dienone is 20. The Bertz CT molecular complexity index is 2570. The molecule has 0 bridgehead atoms. The van der Waals surface area contributed by atoms with Gasteiger partial charge in [0.15, 0.2) is 6.10 Å². The SMILES string of the molecule is CC/C=C\C/C=C\C/C=C\C/C=C\C/C=C\CCCCCCCCCCCCCCCCCCCCCC(=O)OCC(O)COP(=O)(O)OCC(O)COP(=O)(O)OCC(COC(=O)CCCCCCCCCCCCCCC/C=C\C/C=C\C/C=C\C/C=C\CCCCC)OC(=O)CCCCCCC/C=C\CCCCCCCC. The van der Waals surface area contributed by atoms with Crippen LogP contribution in [-0.4, -0.2) is 95.9 Å². The van der Waals surface area contributed by atoms with Gasteiger partial charge in [-0.05, 0) is 135 Å². The normalized spacial score (nSPS) is 14.3. The van der Waals surface area contributed by atoms with Crippen LogP contribution in [-0.2, 0) is 55.8 Å². The molecule has 0 aliphatic carbocycles. The monoisotopic (exact) mass is 1660 g/mol. The lowest BCUT2D eigenvalue weighted by molar-refractivity contribution is -0.161. The molecule has 0 heterocycles. The third-order valence-corrected chi connectivity index (χ3v) is 22.0. The van der Waals surface area contributed by atoms with Crippen molar-refractivity contribution in [3.63, 3.8) is 0 Å². The summed E-state index contributed by atoms with van der Waals surface area (Å²) >= 11 is 0.